The number of carbonyl (C=O) groups excluding carboxylic acids is 2. The Morgan fingerprint density at radius 1 is 1.45 bits per heavy atom. The van der Waals surface area contributed by atoms with E-state index in [2.05, 4.69) is 5.32 Å². The van der Waals surface area contributed by atoms with Crippen molar-refractivity contribution in [1.29, 1.82) is 5.26 Å². The molecule has 5 heteroatoms. The quantitative estimate of drug-likeness (QED) is 0.682. The minimum atomic E-state index is -0.327. The molecule has 1 fully saturated rings. The standard InChI is InChI=1S/C15H14N2O2S/c1-9-5-3-4-6-11(9)7-13-14(19)17-15(20-13)12(8-16)10(2)18/h3-6,13H,7H2,1-2H3,(H,17,19)/b15-12+/t13-/m1/s1. The fourth-order valence-electron chi connectivity index (χ4n) is 2.00. The largest absolute Gasteiger partial charge is 0.318 e. The Hall–Kier alpha value is -2.06. The Balaban J connectivity index is 2.21. The first kappa shape index (κ1) is 14.4. The van der Waals surface area contributed by atoms with E-state index in [0.717, 1.165) is 11.1 Å². The van der Waals surface area contributed by atoms with Gasteiger partial charge < -0.3 is 5.32 Å². The molecule has 1 aliphatic heterocycles. The Labute approximate surface area is 121 Å². The number of carbonyl (C=O) groups is 2. The van der Waals surface area contributed by atoms with Gasteiger partial charge in [-0.25, -0.2) is 0 Å². The molecule has 0 aliphatic carbocycles. The van der Waals surface area contributed by atoms with E-state index in [-0.39, 0.29) is 22.5 Å². The topological polar surface area (TPSA) is 70.0 Å². The van der Waals surface area contributed by atoms with Gasteiger partial charge in [0.2, 0.25) is 5.91 Å². The lowest BCUT2D eigenvalue weighted by atomic mass is 10.0. The van der Waals surface area contributed by atoms with Crippen LogP contribution in [-0.2, 0) is 16.0 Å². The van der Waals surface area contributed by atoms with Gasteiger partial charge in [0.1, 0.15) is 11.6 Å². The average molecular weight is 286 g/mol. The van der Waals surface area contributed by atoms with Crippen molar-refractivity contribution in [2.75, 3.05) is 0 Å². The van der Waals surface area contributed by atoms with Crippen LogP contribution in [0.25, 0.3) is 0 Å². The first-order chi connectivity index (χ1) is 9.52. The van der Waals surface area contributed by atoms with Crippen molar-refractivity contribution in [3.8, 4) is 6.07 Å². The zero-order valence-corrected chi connectivity index (χ0v) is 12.1. The minimum Gasteiger partial charge on any atom is -0.318 e. The molecule has 1 amide bonds. The van der Waals surface area contributed by atoms with E-state index in [1.165, 1.54) is 18.7 Å². The van der Waals surface area contributed by atoms with E-state index in [1.54, 1.807) is 0 Å². The maximum Gasteiger partial charge on any atom is 0.238 e. The van der Waals surface area contributed by atoms with Crippen LogP contribution in [0.1, 0.15) is 18.1 Å². The van der Waals surface area contributed by atoms with E-state index in [9.17, 15) is 9.59 Å². The molecule has 1 heterocycles. The first-order valence-corrected chi connectivity index (χ1v) is 7.08. The van der Waals surface area contributed by atoms with E-state index in [4.69, 9.17) is 5.26 Å². The Kier molecular flexibility index (Phi) is 4.26. The van der Waals surface area contributed by atoms with Gasteiger partial charge in [0.05, 0.1) is 10.3 Å². The second-order valence-electron chi connectivity index (χ2n) is 4.60. The molecule has 0 saturated carbocycles. The second kappa shape index (κ2) is 5.93. The molecule has 4 nitrogen and oxygen atoms in total. The number of thioether (sulfide) groups is 1. The number of aryl methyl sites for hydroxylation is 1. The van der Waals surface area contributed by atoms with Crippen molar-refractivity contribution < 1.29 is 9.59 Å². The second-order valence-corrected chi connectivity index (χ2v) is 5.81. The first-order valence-electron chi connectivity index (χ1n) is 6.20. The molecule has 1 aromatic carbocycles. The van der Waals surface area contributed by atoms with Gasteiger partial charge in [-0.2, -0.15) is 5.26 Å². The zero-order valence-electron chi connectivity index (χ0n) is 11.3. The van der Waals surface area contributed by atoms with E-state index < -0.39 is 0 Å². The number of ketones is 1. The number of allylic oxidation sites excluding steroid dienone is 1. The van der Waals surface area contributed by atoms with Crippen LogP contribution in [0.2, 0.25) is 0 Å². The van der Waals surface area contributed by atoms with Crippen LogP contribution >= 0.6 is 11.8 Å². The number of nitrogens with one attached hydrogen (secondary N) is 1. The van der Waals surface area contributed by atoms with Crippen molar-refractivity contribution in [1.82, 2.24) is 5.32 Å². The summed E-state index contributed by atoms with van der Waals surface area (Å²) in [7, 11) is 0. The van der Waals surface area contributed by atoms with Gasteiger partial charge in [-0.15, -0.1) is 0 Å². The molecule has 1 atom stereocenters. The molecule has 1 aliphatic rings. The van der Waals surface area contributed by atoms with E-state index >= 15 is 0 Å². The zero-order chi connectivity index (χ0) is 14.7. The molecule has 1 saturated heterocycles. The van der Waals surface area contributed by atoms with Crippen molar-refractivity contribution >= 4 is 23.5 Å². The fourth-order valence-corrected chi connectivity index (χ4v) is 3.18. The third-order valence-corrected chi connectivity index (χ3v) is 4.35. The summed E-state index contributed by atoms with van der Waals surface area (Å²) in [6.45, 7) is 3.33. The van der Waals surface area contributed by atoms with Crippen LogP contribution in [-0.4, -0.2) is 16.9 Å². The highest BCUT2D eigenvalue weighted by Crippen LogP contribution is 2.32. The lowest BCUT2D eigenvalue weighted by molar-refractivity contribution is -0.119. The van der Waals surface area contributed by atoms with Gasteiger partial charge in [-0.05, 0) is 31.4 Å². The number of benzene rings is 1. The van der Waals surface area contributed by atoms with Crippen LogP contribution in [0.5, 0.6) is 0 Å². The third kappa shape index (κ3) is 2.91. The Bertz CT molecular complexity index is 644. The van der Waals surface area contributed by atoms with Gasteiger partial charge in [-0.1, -0.05) is 36.0 Å². The number of rotatable bonds is 3. The summed E-state index contributed by atoms with van der Waals surface area (Å²) in [5.74, 6) is -0.478. The maximum absolute atomic E-state index is 12.0. The molecule has 102 valence electrons. The van der Waals surface area contributed by atoms with Gasteiger partial charge >= 0.3 is 0 Å². The smallest absolute Gasteiger partial charge is 0.238 e. The number of amides is 1. The van der Waals surface area contributed by atoms with Crippen molar-refractivity contribution in [2.45, 2.75) is 25.5 Å². The summed E-state index contributed by atoms with van der Waals surface area (Å²) in [6, 6.07) is 9.73. The molecule has 1 N–H and O–H groups in total. The molecule has 0 spiro atoms. The van der Waals surface area contributed by atoms with E-state index in [1.807, 2.05) is 37.3 Å². The van der Waals surface area contributed by atoms with Crippen LogP contribution < -0.4 is 5.32 Å². The predicted octanol–water partition coefficient (Wildman–Crippen LogP) is 2.09. The summed E-state index contributed by atoms with van der Waals surface area (Å²) in [5.41, 5.74) is 2.25. The lowest BCUT2D eigenvalue weighted by Crippen LogP contribution is -2.24. The molecule has 0 bridgehead atoms. The summed E-state index contributed by atoms with van der Waals surface area (Å²) in [6.07, 6.45) is 0.587. The van der Waals surface area contributed by atoms with Crippen molar-refractivity contribution in [3.05, 3.63) is 46.0 Å². The van der Waals surface area contributed by atoms with Crippen molar-refractivity contribution in [2.24, 2.45) is 0 Å². The SMILES string of the molecule is CC(=O)/C(C#N)=C1\NC(=O)[C@@H](Cc2ccccc2C)S1. The molecule has 0 radical (unpaired) electrons. The van der Waals surface area contributed by atoms with Crippen molar-refractivity contribution in [3.63, 3.8) is 0 Å². The minimum absolute atomic E-state index is 0.0237. The lowest BCUT2D eigenvalue weighted by Gasteiger charge is -2.08. The predicted molar refractivity (Wildman–Crippen MR) is 77.7 cm³/mol. The van der Waals surface area contributed by atoms with Crippen LogP contribution in [0.4, 0.5) is 0 Å². The highest BCUT2D eigenvalue weighted by atomic mass is 32.2. The molecule has 20 heavy (non-hydrogen) atoms. The fraction of sp³-hybridized carbons (Fsp3) is 0.267. The Morgan fingerprint density at radius 3 is 2.75 bits per heavy atom. The molecule has 1 aromatic rings. The normalized spacial score (nSPS) is 20.2. The summed E-state index contributed by atoms with van der Waals surface area (Å²) in [5, 5.41) is 11.7. The van der Waals surface area contributed by atoms with Crippen LogP contribution in [0.3, 0.4) is 0 Å². The molecular weight excluding hydrogens is 272 g/mol. The average Bonchev–Trinajstić information content (AvgIpc) is 2.74. The van der Waals surface area contributed by atoms with Gasteiger partial charge in [0.25, 0.3) is 0 Å². The highest BCUT2D eigenvalue weighted by molar-refractivity contribution is 8.04. The number of nitrogens with zero attached hydrogens (tertiary/aromatic N) is 1. The summed E-state index contributed by atoms with van der Waals surface area (Å²) >= 11 is 1.26. The van der Waals surface area contributed by atoms with Gasteiger partial charge in [-0.3, -0.25) is 9.59 Å². The number of nitriles is 1. The molecule has 0 aromatic heterocycles. The van der Waals surface area contributed by atoms with Gasteiger partial charge in [0.15, 0.2) is 5.78 Å². The van der Waals surface area contributed by atoms with Gasteiger partial charge in [0, 0.05) is 0 Å². The summed E-state index contributed by atoms with van der Waals surface area (Å²) < 4.78 is 0. The molecule has 2 rings (SSSR count). The molecule has 0 unspecified atom stereocenters. The van der Waals surface area contributed by atoms with Crippen LogP contribution in [0.15, 0.2) is 34.9 Å². The highest BCUT2D eigenvalue weighted by Gasteiger charge is 2.32. The number of hydrogen-bond donors (Lipinski definition) is 1. The number of hydrogen-bond acceptors (Lipinski definition) is 4. The monoisotopic (exact) mass is 286 g/mol. The third-order valence-electron chi connectivity index (χ3n) is 3.15. The van der Waals surface area contributed by atoms with E-state index in [0.29, 0.717) is 11.4 Å². The summed E-state index contributed by atoms with van der Waals surface area (Å²) in [4.78, 5) is 23.3. The molecular formula is C15H14N2O2S. The number of Topliss-reactive ketones (excluding diaryl/α,β-unsaturated/α-hetero) is 1. The Morgan fingerprint density at radius 2 is 2.15 bits per heavy atom. The van der Waals surface area contributed by atoms with Crippen LogP contribution in [0, 0.1) is 18.3 Å². The maximum atomic E-state index is 12.0.